The van der Waals surface area contributed by atoms with E-state index in [2.05, 4.69) is 174 Å². The molecule has 0 N–H and O–H groups in total. The van der Waals surface area contributed by atoms with Crippen molar-refractivity contribution in [3.63, 3.8) is 0 Å². The van der Waals surface area contributed by atoms with E-state index in [1.807, 2.05) is 0 Å². The van der Waals surface area contributed by atoms with Gasteiger partial charge in [0.2, 0.25) is 0 Å². The summed E-state index contributed by atoms with van der Waals surface area (Å²) in [5.41, 5.74) is 10.9. The number of hydrogen-bond donors (Lipinski definition) is 0. The van der Waals surface area contributed by atoms with Crippen LogP contribution in [0.5, 0.6) is 0 Å². The van der Waals surface area contributed by atoms with E-state index in [-0.39, 0.29) is 0 Å². The summed E-state index contributed by atoms with van der Waals surface area (Å²) in [6.45, 7) is 2.19. The first kappa shape index (κ1) is 24.4. The molecule has 0 heterocycles. The van der Waals surface area contributed by atoms with Crippen molar-refractivity contribution in [2.75, 3.05) is 0 Å². The minimum Gasteiger partial charge on any atom is -0.0620 e. The van der Waals surface area contributed by atoms with Crippen LogP contribution in [0, 0.1) is 6.92 Å². The van der Waals surface area contributed by atoms with Crippen LogP contribution < -0.4 is 0 Å². The zero-order valence-electron chi connectivity index (χ0n) is 19.3. The molecular weight excluding hydrogens is 704 g/mol. The van der Waals surface area contributed by atoms with Gasteiger partial charge in [0.15, 0.2) is 0 Å². The van der Waals surface area contributed by atoms with E-state index in [9.17, 15) is 0 Å². The van der Waals surface area contributed by atoms with E-state index in [4.69, 9.17) is 0 Å². The Bertz CT molecular complexity index is 1560. The standard InChI is InChI=1S/C32H20Br4/c1-19-7-2-3-8-26(19)27-10-6-12-30-31(27)28-9-4-5-11-29(28)32(30,20-13-22(33)17-23(34)14-20)21-15-24(35)18-25(36)16-21/h2-18H,1H3. The summed E-state index contributed by atoms with van der Waals surface area (Å²) >= 11 is 15.1. The van der Waals surface area contributed by atoms with Crippen LogP contribution >= 0.6 is 63.7 Å². The largest absolute Gasteiger partial charge is 0.0715 e. The molecule has 0 atom stereocenters. The van der Waals surface area contributed by atoms with Gasteiger partial charge in [-0.2, -0.15) is 0 Å². The number of rotatable bonds is 3. The van der Waals surface area contributed by atoms with Crippen LogP contribution in [0.15, 0.2) is 121 Å². The van der Waals surface area contributed by atoms with E-state index in [0.717, 1.165) is 17.9 Å². The molecule has 5 aromatic carbocycles. The zero-order chi connectivity index (χ0) is 25.0. The van der Waals surface area contributed by atoms with Crippen molar-refractivity contribution in [3.05, 3.63) is 149 Å². The second-order valence-corrected chi connectivity index (χ2v) is 12.8. The second-order valence-electron chi connectivity index (χ2n) is 9.15. The van der Waals surface area contributed by atoms with Crippen molar-refractivity contribution in [1.82, 2.24) is 0 Å². The number of hydrogen-bond acceptors (Lipinski definition) is 0. The number of fused-ring (bicyclic) bond motifs is 3. The quantitative estimate of drug-likeness (QED) is 0.171. The van der Waals surface area contributed by atoms with Crippen LogP contribution in [0.3, 0.4) is 0 Å². The number of aryl methyl sites for hydroxylation is 1. The molecule has 0 unspecified atom stereocenters. The monoisotopic (exact) mass is 720 g/mol. The van der Waals surface area contributed by atoms with Gasteiger partial charge >= 0.3 is 0 Å². The highest BCUT2D eigenvalue weighted by molar-refractivity contribution is 9.11. The summed E-state index contributed by atoms with van der Waals surface area (Å²) in [6.07, 6.45) is 0. The topological polar surface area (TPSA) is 0 Å². The average Bonchev–Trinajstić information content (AvgIpc) is 3.15. The van der Waals surface area contributed by atoms with Gasteiger partial charge < -0.3 is 0 Å². The van der Waals surface area contributed by atoms with Gasteiger partial charge in [0.25, 0.3) is 0 Å². The van der Waals surface area contributed by atoms with E-state index in [0.29, 0.717) is 0 Å². The van der Waals surface area contributed by atoms with Crippen LogP contribution in [0.25, 0.3) is 22.3 Å². The number of halogens is 4. The van der Waals surface area contributed by atoms with E-state index >= 15 is 0 Å². The predicted octanol–water partition coefficient (Wildman–Crippen LogP) is 11.1. The van der Waals surface area contributed by atoms with Crippen molar-refractivity contribution >= 4 is 63.7 Å². The molecular formula is C32H20Br4. The van der Waals surface area contributed by atoms with Gasteiger partial charge in [0, 0.05) is 17.9 Å². The molecule has 6 rings (SSSR count). The minimum absolute atomic E-state index is 0.497. The molecule has 5 aromatic rings. The van der Waals surface area contributed by atoms with Crippen LogP contribution in [0.4, 0.5) is 0 Å². The lowest BCUT2D eigenvalue weighted by atomic mass is 9.67. The average molecular weight is 724 g/mol. The minimum atomic E-state index is -0.497. The highest BCUT2D eigenvalue weighted by atomic mass is 79.9. The molecule has 1 aliphatic rings. The summed E-state index contributed by atoms with van der Waals surface area (Å²) in [7, 11) is 0. The summed E-state index contributed by atoms with van der Waals surface area (Å²) in [6, 6.07) is 37.5. The van der Waals surface area contributed by atoms with Crippen molar-refractivity contribution in [1.29, 1.82) is 0 Å². The van der Waals surface area contributed by atoms with Gasteiger partial charge in [-0.15, -0.1) is 0 Å². The SMILES string of the molecule is Cc1ccccc1-c1cccc2c1-c1ccccc1C2(c1cc(Br)cc(Br)c1)c1cc(Br)cc(Br)c1. The summed E-state index contributed by atoms with van der Waals surface area (Å²) in [4.78, 5) is 0. The third-order valence-corrected chi connectivity index (χ3v) is 8.93. The maximum atomic E-state index is 3.78. The molecule has 0 radical (unpaired) electrons. The lowest BCUT2D eigenvalue weighted by Gasteiger charge is -2.34. The van der Waals surface area contributed by atoms with Crippen LogP contribution in [-0.2, 0) is 5.41 Å². The Morgan fingerprint density at radius 2 is 0.944 bits per heavy atom. The third-order valence-electron chi connectivity index (χ3n) is 7.10. The second kappa shape index (κ2) is 9.40. The highest BCUT2D eigenvalue weighted by Crippen LogP contribution is 2.59. The van der Waals surface area contributed by atoms with Crippen LogP contribution in [0.2, 0.25) is 0 Å². The van der Waals surface area contributed by atoms with Crippen LogP contribution in [-0.4, -0.2) is 0 Å². The lowest BCUT2D eigenvalue weighted by Crippen LogP contribution is -2.28. The first-order chi connectivity index (χ1) is 17.4. The Morgan fingerprint density at radius 3 is 1.53 bits per heavy atom. The van der Waals surface area contributed by atoms with Crippen molar-refractivity contribution in [2.24, 2.45) is 0 Å². The van der Waals surface area contributed by atoms with Gasteiger partial charge in [-0.1, -0.05) is 130 Å². The van der Waals surface area contributed by atoms with Gasteiger partial charge in [0.05, 0.1) is 5.41 Å². The summed E-state index contributed by atoms with van der Waals surface area (Å²) in [5, 5.41) is 0. The van der Waals surface area contributed by atoms with Gasteiger partial charge in [-0.25, -0.2) is 0 Å². The normalized spacial score (nSPS) is 13.4. The number of benzene rings is 5. The van der Waals surface area contributed by atoms with Gasteiger partial charge in [-0.05, 0) is 93.4 Å². The molecule has 36 heavy (non-hydrogen) atoms. The Kier molecular flexibility index (Phi) is 6.36. The van der Waals surface area contributed by atoms with E-state index in [1.165, 1.54) is 50.1 Å². The first-order valence-electron chi connectivity index (χ1n) is 11.6. The zero-order valence-corrected chi connectivity index (χ0v) is 25.7. The fourth-order valence-corrected chi connectivity index (χ4v) is 8.34. The molecule has 0 aromatic heterocycles. The maximum absolute atomic E-state index is 3.78. The fourth-order valence-electron chi connectivity index (χ4n) is 5.76. The molecule has 0 fully saturated rings. The lowest BCUT2D eigenvalue weighted by molar-refractivity contribution is 0.765. The highest BCUT2D eigenvalue weighted by Gasteiger charge is 2.47. The molecule has 0 spiro atoms. The smallest absolute Gasteiger partial charge is 0.0620 e. The molecule has 0 aliphatic heterocycles. The van der Waals surface area contributed by atoms with Gasteiger partial charge in [0.1, 0.15) is 0 Å². The maximum Gasteiger partial charge on any atom is 0.0715 e. The van der Waals surface area contributed by atoms with E-state index in [1.54, 1.807) is 0 Å². The molecule has 0 amide bonds. The molecule has 0 nitrogen and oxygen atoms in total. The predicted molar refractivity (Wildman–Crippen MR) is 165 cm³/mol. The van der Waals surface area contributed by atoms with Crippen molar-refractivity contribution in [2.45, 2.75) is 12.3 Å². The molecule has 0 saturated carbocycles. The fraction of sp³-hybridized carbons (Fsp3) is 0.0625. The summed E-state index contributed by atoms with van der Waals surface area (Å²) in [5.74, 6) is 0. The molecule has 0 bridgehead atoms. The Labute approximate surface area is 245 Å². The van der Waals surface area contributed by atoms with E-state index < -0.39 is 5.41 Å². The first-order valence-corrected chi connectivity index (χ1v) is 14.8. The molecule has 0 saturated heterocycles. The van der Waals surface area contributed by atoms with Crippen LogP contribution in [0.1, 0.15) is 27.8 Å². The van der Waals surface area contributed by atoms with Gasteiger partial charge in [-0.3, -0.25) is 0 Å². The Hall–Kier alpha value is -1.98. The Balaban J connectivity index is 1.82. The van der Waals surface area contributed by atoms with Crippen molar-refractivity contribution in [3.8, 4) is 22.3 Å². The van der Waals surface area contributed by atoms with Crippen molar-refractivity contribution < 1.29 is 0 Å². The summed E-state index contributed by atoms with van der Waals surface area (Å²) < 4.78 is 4.17. The molecule has 4 heteroatoms. The third kappa shape index (κ3) is 3.80. The molecule has 176 valence electrons. The Morgan fingerprint density at radius 1 is 0.472 bits per heavy atom. The molecule has 1 aliphatic carbocycles.